The Morgan fingerprint density at radius 1 is 1.64 bits per heavy atom. The second-order valence-electron chi connectivity index (χ2n) is 3.95. The summed E-state index contributed by atoms with van der Waals surface area (Å²) in [4.78, 5) is 11.5. The van der Waals surface area contributed by atoms with Crippen LogP contribution < -0.4 is 0 Å². The molecule has 1 fully saturated rings. The number of hydrogen-bond acceptors (Lipinski definition) is 2. The van der Waals surface area contributed by atoms with Crippen molar-refractivity contribution in [2.75, 3.05) is 6.61 Å². The van der Waals surface area contributed by atoms with E-state index in [2.05, 4.69) is 6.58 Å². The number of ketones is 1. The first-order valence-corrected chi connectivity index (χ1v) is 5.10. The highest BCUT2D eigenvalue weighted by atomic mass is 16.2. The second-order valence-corrected chi connectivity index (χ2v) is 3.95. The minimum Gasteiger partial charge on any atom is -0.392 e. The topological polar surface area (TPSA) is 37.3 Å². The average molecular weight is 194 g/mol. The van der Waals surface area contributed by atoms with Crippen LogP contribution in [0.4, 0.5) is 0 Å². The van der Waals surface area contributed by atoms with Gasteiger partial charge in [0.1, 0.15) is 5.78 Å². The predicted octanol–water partition coefficient (Wildman–Crippen LogP) is 2.10. The maximum absolute atomic E-state index is 11.5. The van der Waals surface area contributed by atoms with Gasteiger partial charge in [0.05, 0.1) is 6.61 Å². The van der Waals surface area contributed by atoms with E-state index in [0.717, 1.165) is 18.4 Å². The molecule has 0 heterocycles. The fourth-order valence-corrected chi connectivity index (χ4v) is 2.11. The average Bonchev–Trinajstić information content (AvgIpc) is 2.48. The zero-order chi connectivity index (χ0) is 10.6. The summed E-state index contributed by atoms with van der Waals surface area (Å²) in [5.74, 6) is 0.807. The molecule has 1 rings (SSSR count). The summed E-state index contributed by atoms with van der Waals surface area (Å²) in [5, 5.41) is 8.59. The summed E-state index contributed by atoms with van der Waals surface area (Å²) in [6.07, 6.45) is 5.97. The summed E-state index contributed by atoms with van der Waals surface area (Å²) in [7, 11) is 0. The van der Waals surface area contributed by atoms with Gasteiger partial charge in [-0.05, 0) is 25.7 Å². The summed E-state index contributed by atoms with van der Waals surface area (Å²) in [6, 6.07) is 0. The molecule has 0 aromatic heterocycles. The number of aliphatic hydroxyl groups is 1. The predicted molar refractivity (Wildman–Crippen MR) is 56.9 cm³/mol. The molecule has 1 aliphatic carbocycles. The van der Waals surface area contributed by atoms with Crippen molar-refractivity contribution < 1.29 is 9.90 Å². The molecule has 1 saturated carbocycles. The second kappa shape index (κ2) is 5.11. The fourth-order valence-electron chi connectivity index (χ4n) is 2.11. The van der Waals surface area contributed by atoms with E-state index in [1.165, 1.54) is 0 Å². The number of Topliss-reactive ketones (excluding diaryl/α,β-unsaturated/α-hetero) is 1. The van der Waals surface area contributed by atoms with Gasteiger partial charge in [-0.25, -0.2) is 0 Å². The molecule has 0 aromatic rings. The summed E-state index contributed by atoms with van der Waals surface area (Å²) in [5.41, 5.74) is 1.11. The fraction of sp³-hybridized carbons (Fsp3) is 0.583. The molecule has 14 heavy (non-hydrogen) atoms. The molecule has 2 atom stereocenters. The third-order valence-corrected chi connectivity index (χ3v) is 2.90. The molecule has 0 saturated heterocycles. The van der Waals surface area contributed by atoms with E-state index in [4.69, 9.17) is 5.11 Å². The minimum absolute atomic E-state index is 0.0542. The van der Waals surface area contributed by atoms with Crippen LogP contribution in [0.2, 0.25) is 0 Å². The zero-order valence-electron chi connectivity index (χ0n) is 8.70. The molecular formula is C12H18O2. The van der Waals surface area contributed by atoms with Crippen LogP contribution in [0, 0.1) is 11.8 Å². The van der Waals surface area contributed by atoms with Gasteiger partial charge in [0.2, 0.25) is 0 Å². The molecule has 78 valence electrons. The summed E-state index contributed by atoms with van der Waals surface area (Å²) >= 11 is 0. The van der Waals surface area contributed by atoms with Gasteiger partial charge in [-0.2, -0.15) is 0 Å². The number of allylic oxidation sites excluding steroid dienone is 2. The van der Waals surface area contributed by atoms with Crippen LogP contribution in [-0.4, -0.2) is 17.5 Å². The van der Waals surface area contributed by atoms with Crippen molar-refractivity contribution in [2.45, 2.75) is 26.2 Å². The van der Waals surface area contributed by atoms with Crippen molar-refractivity contribution in [1.82, 2.24) is 0 Å². The Hall–Kier alpha value is -0.890. The van der Waals surface area contributed by atoms with E-state index >= 15 is 0 Å². The zero-order valence-corrected chi connectivity index (χ0v) is 8.70. The number of carbonyl (C=O) groups is 1. The number of rotatable bonds is 4. The number of carbonyl (C=O) groups excluding carboxylic acids is 1. The van der Waals surface area contributed by atoms with Crippen LogP contribution >= 0.6 is 0 Å². The lowest BCUT2D eigenvalue weighted by Gasteiger charge is -2.16. The summed E-state index contributed by atoms with van der Waals surface area (Å²) in [6.45, 7) is 5.97. The first kappa shape index (κ1) is 11.2. The number of hydrogen-bond donors (Lipinski definition) is 1. The van der Waals surface area contributed by atoms with Crippen molar-refractivity contribution in [1.29, 1.82) is 0 Å². The van der Waals surface area contributed by atoms with E-state index in [9.17, 15) is 4.79 Å². The lowest BCUT2D eigenvalue weighted by atomic mass is 9.87. The molecule has 0 radical (unpaired) electrons. The summed E-state index contributed by atoms with van der Waals surface area (Å²) < 4.78 is 0. The van der Waals surface area contributed by atoms with Crippen LogP contribution in [-0.2, 0) is 4.79 Å². The van der Waals surface area contributed by atoms with Gasteiger partial charge >= 0.3 is 0 Å². The van der Waals surface area contributed by atoms with Crippen LogP contribution in [0.1, 0.15) is 26.2 Å². The van der Waals surface area contributed by atoms with Crippen molar-refractivity contribution in [2.24, 2.45) is 11.8 Å². The Morgan fingerprint density at radius 2 is 2.36 bits per heavy atom. The SMILES string of the molecule is C=C(C)[C@H]1CCC(=O)[C@@H]1C/C=C\CO. The normalized spacial score (nSPS) is 27.4. The third-order valence-electron chi connectivity index (χ3n) is 2.90. The van der Waals surface area contributed by atoms with Crippen molar-refractivity contribution in [3.05, 3.63) is 24.3 Å². The minimum atomic E-state index is 0.0542. The molecule has 2 heteroatoms. The molecule has 2 nitrogen and oxygen atoms in total. The lowest BCUT2D eigenvalue weighted by Crippen LogP contribution is -2.14. The Kier molecular flexibility index (Phi) is 4.08. The Bertz CT molecular complexity index is 253. The Labute approximate surface area is 85.3 Å². The first-order chi connectivity index (χ1) is 6.66. The molecule has 0 amide bonds. The van der Waals surface area contributed by atoms with Gasteiger partial charge in [-0.15, -0.1) is 0 Å². The first-order valence-electron chi connectivity index (χ1n) is 5.10. The highest BCUT2D eigenvalue weighted by Crippen LogP contribution is 2.35. The van der Waals surface area contributed by atoms with Crippen molar-refractivity contribution >= 4 is 5.78 Å². The quantitative estimate of drug-likeness (QED) is 0.696. The molecule has 0 aliphatic heterocycles. The molecule has 0 aromatic carbocycles. The Morgan fingerprint density at radius 3 is 2.93 bits per heavy atom. The van der Waals surface area contributed by atoms with E-state index in [-0.39, 0.29) is 12.5 Å². The van der Waals surface area contributed by atoms with Gasteiger partial charge in [0.15, 0.2) is 0 Å². The van der Waals surface area contributed by atoms with Gasteiger partial charge in [-0.3, -0.25) is 4.79 Å². The lowest BCUT2D eigenvalue weighted by molar-refractivity contribution is -0.120. The van der Waals surface area contributed by atoms with Gasteiger partial charge < -0.3 is 5.11 Å². The van der Waals surface area contributed by atoms with Crippen LogP contribution in [0.15, 0.2) is 24.3 Å². The van der Waals surface area contributed by atoms with Crippen LogP contribution in [0.3, 0.4) is 0 Å². The van der Waals surface area contributed by atoms with E-state index in [1.807, 2.05) is 13.0 Å². The number of aliphatic hydroxyl groups excluding tert-OH is 1. The monoisotopic (exact) mass is 194 g/mol. The molecule has 1 N–H and O–H groups in total. The largest absolute Gasteiger partial charge is 0.392 e. The van der Waals surface area contributed by atoms with Crippen LogP contribution in [0.5, 0.6) is 0 Å². The smallest absolute Gasteiger partial charge is 0.136 e. The van der Waals surface area contributed by atoms with Gasteiger partial charge in [0.25, 0.3) is 0 Å². The standard InChI is InChI=1S/C12H18O2/c1-9(2)10-6-7-12(14)11(10)5-3-4-8-13/h3-4,10-11,13H,1,5-8H2,2H3/b4-3-/t10-,11-/m1/s1. The van der Waals surface area contributed by atoms with Gasteiger partial charge in [-0.1, -0.05) is 24.3 Å². The highest BCUT2D eigenvalue weighted by Gasteiger charge is 2.33. The van der Waals surface area contributed by atoms with Crippen LogP contribution in [0.25, 0.3) is 0 Å². The molecule has 0 spiro atoms. The highest BCUT2D eigenvalue weighted by molar-refractivity contribution is 5.84. The molecule has 0 unspecified atom stereocenters. The van der Waals surface area contributed by atoms with Crippen molar-refractivity contribution in [3.63, 3.8) is 0 Å². The molecule has 1 aliphatic rings. The molecule has 0 bridgehead atoms. The molecular weight excluding hydrogens is 176 g/mol. The van der Waals surface area contributed by atoms with E-state index < -0.39 is 0 Å². The van der Waals surface area contributed by atoms with E-state index in [1.54, 1.807) is 6.08 Å². The van der Waals surface area contributed by atoms with E-state index in [0.29, 0.717) is 18.1 Å². The maximum atomic E-state index is 11.5. The third kappa shape index (κ3) is 2.55. The van der Waals surface area contributed by atoms with Crippen molar-refractivity contribution in [3.8, 4) is 0 Å². The van der Waals surface area contributed by atoms with Gasteiger partial charge in [0, 0.05) is 12.3 Å². The maximum Gasteiger partial charge on any atom is 0.136 e. The Balaban J connectivity index is 2.58.